The Kier molecular flexibility index (Phi) is 6.61. The summed E-state index contributed by atoms with van der Waals surface area (Å²) < 4.78 is 6.72. The molecule has 0 aliphatic rings. The summed E-state index contributed by atoms with van der Waals surface area (Å²) in [5.74, 6) is -0.444. The van der Waals surface area contributed by atoms with Crippen LogP contribution in [0.25, 0.3) is 5.69 Å². The van der Waals surface area contributed by atoms with E-state index in [0.717, 1.165) is 11.3 Å². The van der Waals surface area contributed by atoms with Gasteiger partial charge in [0.05, 0.1) is 24.2 Å². The summed E-state index contributed by atoms with van der Waals surface area (Å²) in [5, 5.41) is 4.30. The van der Waals surface area contributed by atoms with E-state index >= 15 is 0 Å². The Bertz CT molecular complexity index is 1010. The van der Waals surface area contributed by atoms with E-state index < -0.39 is 5.97 Å². The van der Waals surface area contributed by atoms with Crippen LogP contribution < -0.4 is 0 Å². The molecule has 1 amide bonds. The molecule has 0 spiro atoms. The summed E-state index contributed by atoms with van der Waals surface area (Å²) in [4.78, 5) is 31.0. The number of benzene rings is 1. The molecule has 0 fully saturated rings. The minimum absolute atomic E-state index is 0.0397. The zero-order chi connectivity index (χ0) is 21.7. The van der Waals surface area contributed by atoms with Crippen molar-refractivity contribution in [3.05, 3.63) is 77.4 Å². The van der Waals surface area contributed by atoms with Crippen LogP contribution in [0.2, 0.25) is 0 Å². The van der Waals surface area contributed by atoms with Crippen molar-refractivity contribution in [2.75, 3.05) is 6.61 Å². The fraction of sp³-hybridized carbons (Fsp3) is 0.304. The highest BCUT2D eigenvalue weighted by molar-refractivity contribution is 5.94. The molecule has 3 rings (SSSR count). The quantitative estimate of drug-likeness (QED) is 0.558. The topological polar surface area (TPSA) is 77.3 Å². The second kappa shape index (κ2) is 9.35. The van der Waals surface area contributed by atoms with Gasteiger partial charge in [-0.05, 0) is 63.6 Å². The van der Waals surface area contributed by atoms with Crippen molar-refractivity contribution in [1.82, 2.24) is 19.7 Å². The maximum atomic E-state index is 13.1. The summed E-state index contributed by atoms with van der Waals surface area (Å²) in [6.45, 7) is 8.37. The SMILES string of the molecule is CCOC(=O)c1cnn(-c2ccc(C(=O)N(Cc3cccnc3)C(C)C)cc2)c1C. The molecule has 30 heavy (non-hydrogen) atoms. The fourth-order valence-corrected chi connectivity index (χ4v) is 3.17. The van der Waals surface area contributed by atoms with Gasteiger partial charge in [-0.25, -0.2) is 9.48 Å². The summed E-state index contributed by atoms with van der Waals surface area (Å²) in [5.41, 5.74) is 3.46. The molecule has 2 heterocycles. The molecule has 0 aliphatic carbocycles. The van der Waals surface area contributed by atoms with Gasteiger partial charge in [0.25, 0.3) is 5.91 Å². The van der Waals surface area contributed by atoms with Gasteiger partial charge < -0.3 is 9.64 Å². The molecule has 0 bridgehead atoms. The van der Waals surface area contributed by atoms with E-state index in [2.05, 4.69) is 10.1 Å². The second-order valence-electron chi connectivity index (χ2n) is 7.21. The van der Waals surface area contributed by atoms with Gasteiger partial charge >= 0.3 is 5.97 Å². The number of amides is 1. The van der Waals surface area contributed by atoms with Gasteiger partial charge in [0, 0.05) is 30.5 Å². The molecular weight excluding hydrogens is 380 g/mol. The van der Waals surface area contributed by atoms with E-state index in [1.807, 2.05) is 49.9 Å². The molecule has 0 radical (unpaired) electrons. The number of aromatic nitrogens is 3. The fourth-order valence-electron chi connectivity index (χ4n) is 3.17. The normalized spacial score (nSPS) is 10.8. The lowest BCUT2D eigenvalue weighted by molar-refractivity contribution is 0.0525. The molecule has 0 saturated carbocycles. The number of carbonyl (C=O) groups is 2. The molecule has 0 atom stereocenters. The molecule has 156 valence electrons. The molecule has 2 aromatic heterocycles. The van der Waals surface area contributed by atoms with Gasteiger partial charge in [0.2, 0.25) is 0 Å². The minimum atomic E-state index is -0.393. The summed E-state index contributed by atoms with van der Waals surface area (Å²) in [7, 11) is 0. The Morgan fingerprint density at radius 3 is 2.47 bits per heavy atom. The van der Waals surface area contributed by atoms with Crippen LogP contribution in [0, 0.1) is 6.92 Å². The Morgan fingerprint density at radius 2 is 1.87 bits per heavy atom. The number of esters is 1. The maximum absolute atomic E-state index is 13.1. The van der Waals surface area contributed by atoms with E-state index in [9.17, 15) is 9.59 Å². The third kappa shape index (κ3) is 4.56. The van der Waals surface area contributed by atoms with E-state index in [1.54, 1.807) is 36.1 Å². The number of hydrogen-bond acceptors (Lipinski definition) is 5. The van der Waals surface area contributed by atoms with Crippen molar-refractivity contribution in [2.24, 2.45) is 0 Å². The van der Waals surface area contributed by atoms with Gasteiger partial charge in [0.1, 0.15) is 5.56 Å². The first-order valence-electron chi connectivity index (χ1n) is 9.94. The van der Waals surface area contributed by atoms with E-state index in [4.69, 9.17) is 4.74 Å². The van der Waals surface area contributed by atoms with Crippen molar-refractivity contribution in [1.29, 1.82) is 0 Å². The van der Waals surface area contributed by atoms with Crippen LogP contribution >= 0.6 is 0 Å². The Balaban J connectivity index is 1.81. The van der Waals surface area contributed by atoms with Crippen LogP contribution in [-0.4, -0.2) is 44.2 Å². The molecule has 0 N–H and O–H groups in total. The average molecular weight is 406 g/mol. The lowest BCUT2D eigenvalue weighted by Gasteiger charge is -2.27. The third-order valence-corrected chi connectivity index (χ3v) is 4.82. The predicted octanol–water partition coefficient (Wildman–Crippen LogP) is 3.80. The predicted molar refractivity (Wildman–Crippen MR) is 114 cm³/mol. The third-order valence-electron chi connectivity index (χ3n) is 4.82. The molecular formula is C23H26N4O3. The Morgan fingerprint density at radius 1 is 1.13 bits per heavy atom. The molecule has 7 nitrogen and oxygen atoms in total. The van der Waals surface area contributed by atoms with Gasteiger partial charge in [0.15, 0.2) is 0 Å². The molecule has 3 aromatic rings. The smallest absolute Gasteiger partial charge is 0.341 e. The van der Waals surface area contributed by atoms with Crippen LogP contribution in [0.1, 0.15) is 52.7 Å². The lowest BCUT2D eigenvalue weighted by atomic mass is 10.1. The first kappa shape index (κ1) is 21.2. The highest BCUT2D eigenvalue weighted by Gasteiger charge is 2.20. The lowest BCUT2D eigenvalue weighted by Crippen LogP contribution is -2.36. The molecule has 7 heteroatoms. The molecule has 0 unspecified atom stereocenters. The molecule has 0 saturated heterocycles. The van der Waals surface area contributed by atoms with Crippen molar-refractivity contribution < 1.29 is 14.3 Å². The van der Waals surface area contributed by atoms with Gasteiger partial charge in [-0.15, -0.1) is 0 Å². The largest absolute Gasteiger partial charge is 0.462 e. The van der Waals surface area contributed by atoms with Gasteiger partial charge in [-0.1, -0.05) is 6.07 Å². The van der Waals surface area contributed by atoms with Crippen LogP contribution in [0.15, 0.2) is 55.0 Å². The number of hydrogen-bond donors (Lipinski definition) is 0. The van der Waals surface area contributed by atoms with E-state index in [-0.39, 0.29) is 11.9 Å². The monoisotopic (exact) mass is 406 g/mol. The standard InChI is InChI=1S/C23H26N4O3/c1-5-30-23(29)21-14-25-27(17(21)4)20-10-8-19(9-11-20)22(28)26(16(2)3)15-18-7-6-12-24-13-18/h6-14,16H,5,15H2,1-4H3. The Hall–Kier alpha value is -3.48. The van der Waals surface area contributed by atoms with Gasteiger partial charge in [-0.2, -0.15) is 5.10 Å². The summed E-state index contributed by atoms with van der Waals surface area (Å²) >= 11 is 0. The summed E-state index contributed by atoms with van der Waals surface area (Å²) in [6.07, 6.45) is 4.99. The number of pyridine rings is 1. The number of ether oxygens (including phenoxy) is 1. The summed E-state index contributed by atoms with van der Waals surface area (Å²) in [6, 6.07) is 11.1. The first-order valence-corrected chi connectivity index (χ1v) is 9.94. The second-order valence-corrected chi connectivity index (χ2v) is 7.21. The van der Waals surface area contributed by atoms with Gasteiger partial charge in [-0.3, -0.25) is 9.78 Å². The molecule has 1 aromatic carbocycles. The maximum Gasteiger partial charge on any atom is 0.341 e. The van der Waals surface area contributed by atoms with Crippen LogP contribution in [0.3, 0.4) is 0 Å². The minimum Gasteiger partial charge on any atom is -0.462 e. The average Bonchev–Trinajstić information content (AvgIpc) is 3.14. The van der Waals surface area contributed by atoms with Crippen molar-refractivity contribution >= 4 is 11.9 Å². The van der Waals surface area contributed by atoms with Crippen LogP contribution in [0.5, 0.6) is 0 Å². The Labute approximate surface area is 176 Å². The van der Waals surface area contributed by atoms with Crippen molar-refractivity contribution in [2.45, 2.75) is 40.3 Å². The van der Waals surface area contributed by atoms with Crippen molar-refractivity contribution in [3.8, 4) is 5.69 Å². The molecule has 0 aliphatic heterocycles. The van der Waals surface area contributed by atoms with Crippen molar-refractivity contribution in [3.63, 3.8) is 0 Å². The van der Waals surface area contributed by atoms with Crippen LogP contribution in [0.4, 0.5) is 0 Å². The zero-order valence-electron chi connectivity index (χ0n) is 17.7. The number of rotatable bonds is 7. The zero-order valence-corrected chi connectivity index (χ0v) is 17.7. The number of nitrogens with zero attached hydrogens (tertiary/aromatic N) is 4. The van der Waals surface area contributed by atoms with Crippen LogP contribution in [-0.2, 0) is 11.3 Å². The van der Waals surface area contributed by atoms with E-state index in [0.29, 0.717) is 30.0 Å². The highest BCUT2D eigenvalue weighted by Crippen LogP contribution is 2.18. The van der Waals surface area contributed by atoms with E-state index in [1.165, 1.54) is 6.20 Å². The number of carbonyl (C=O) groups excluding carboxylic acids is 2. The first-order chi connectivity index (χ1) is 14.4. The highest BCUT2D eigenvalue weighted by atomic mass is 16.5.